The van der Waals surface area contributed by atoms with Crippen LogP contribution in [0.4, 0.5) is 5.95 Å². The summed E-state index contributed by atoms with van der Waals surface area (Å²) in [4.78, 5) is 0. The van der Waals surface area contributed by atoms with Gasteiger partial charge in [-0.15, -0.1) is 6.58 Å². The number of aromatic nitrogens is 4. The van der Waals surface area contributed by atoms with E-state index in [1.165, 1.54) is 0 Å². The monoisotopic (exact) mass is 385 g/mol. The number of benzene rings is 2. The molecular formula is C19H20ClN5O2. The Labute approximate surface area is 162 Å². The third-order valence-electron chi connectivity index (χ3n) is 3.80. The highest BCUT2D eigenvalue weighted by atomic mass is 35.5. The van der Waals surface area contributed by atoms with Crippen molar-refractivity contribution in [2.45, 2.75) is 19.7 Å². The minimum atomic E-state index is 0.408. The zero-order valence-corrected chi connectivity index (χ0v) is 15.7. The normalized spacial score (nSPS) is 10.4. The summed E-state index contributed by atoms with van der Waals surface area (Å²) in [5, 5.41) is 15.4. The average molecular weight is 386 g/mol. The van der Waals surface area contributed by atoms with Crippen LogP contribution in [0.15, 0.2) is 55.1 Å². The molecule has 7 nitrogen and oxygen atoms in total. The van der Waals surface area contributed by atoms with Crippen LogP contribution < -0.4 is 14.8 Å². The molecule has 1 N–H and O–H groups in total. The Hall–Kier alpha value is -3.06. The molecule has 0 spiro atoms. The number of ether oxygens (including phenoxy) is 2. The maximum atomic E-state index is 6.01. The minimum absolute atomic E-state index is 0.408. The van der Waals surface area contributed by atoms with E-state index in [0.717, 1.165) is 11.1 Å². The maximum absolute atomic E-state index is 6.01. The van der Waals surface area contributed by atoms with Gasteiger partial charge < -0.3 is 14.8 Å². The Kier molecular flexibility index (Phi) is 6.27. The molecule has 0 aliphatic rings. The van der Waals surface area contributed by atoms with E-state index in [4.69, 9.17) is 21.1 Å². The van der Waals surface area contributed by atoms with E-state index >= 15 is 0 Å². The first-order valence-electron chi connectivity index (χ1n) is 8.34. The van der Waals surface area contributed by atoms with Crippen LogP contribution in [0.2, 0.25) is 5.02 Å². The molecule has 0 saturated heterocycles. The molecule has 3 aromatic rings. The summed E-state index contributed by atoms with van der Waals surface area (Å²) in [5.74, 6) is 1.90. The molecule has 0 aliphatic carbocycles. The second-order valence-corrected chi connectivity index (χ2v) is 6.17. The number of rotatable bonds is 9. The van der Waals surface area contributed by atoms with Gasteiger partial charge >= 0.3 is 0 Å². The Bertz CT molecular complexity index is 913. The van der Waals surface area contributed by atoms with Crippen LogP contribution in [0.5, 0.6) is 11.5 Å². The SMILES string of the molecule is C=CCn1nnnc1NCc1ccc(OCc2cccc(Cl)c2)c(OC)c1. The summed E-state index contributed by atoms with van der Waals surface area (Å²) in [5.41, 5.74) is 2.00. The van der Waals surface area contributed by atoms with Gasteiger partial charge in [-0.2, -0.15) is 0 Å². The Morgan fingerprint density at radius 2 is 2.07 bits per heavy atom. The van der Waals surface area contributed by atoms with E-state index in [9.17, 15) is 0 Å². The lowest BCUT2D eigenvalue weighted by Gasteiger charge is -2.13. The number of nitrogens with one attached hydrogen (secondary N) is 1. The van der Waals surface area contributed by atoms with Gasteiger partial charge in [-0.3, -0.25) is 0 Å². The van der Waals surface area contributed by atoms with E-state index in [1.807, 2.05) is 42.5 Å². The van der Waals surface area contributed by atoms with Gasteiger partial charge in [0.2, 0.25) is 5.95 Å². The van der Waals surface area contributed by atoms with Crippen molar-refractivity contribution in [3.05, 3.63) is 71.3 Å². The summed E-state index contributed by atoms with van der Waals surface area (Å²) in [6.45, 7) is 5.18. The molecule has 0 fully saturated rings. The molecule has 0 aliphatic heterocycles. The lowest BCUT2D eigenvalue weighted by atomic mass is 10.2. The van der Waals surface area contributed by atoms with Gasteiger partial charge in [0, 0.05) is 11.6 Å². The van der Waals surface area contributed by atoms with Gasteiger partial charge in [0.25, 0.3) is 0 Å². The van der Waals surface area contributed by atoms with Crippen LogP contribution in [-0.4, -0.2) is 27.3 Å². The van der Waals surface area contributed by atoms with Crippen LogP contribution in [0.3, 0.4) is 0 Å². The standard InChI is InChI=1S/C19H20ClN5O2/c1-3-9-25-19(22-23-24-25)21-12-14-7-8-17(18(11-14)26-2)27-13-15-5-4-6-16(20)10-15/h3-8,10-11H,1,9,12-13H2,2H3,(H,21,22,24). The molecule has 140 valence electrons. The first-order valence-corrected chi connectivity index (χ1v) is 8.72. The molecule has 0 atom stereocenters. The fraction of sp³-hybridized carbons (Fsp3) is 0.211. The summed E-state index contributed by atoms with van der Waals surface area (Å²) in [6.07, 6.45) is 1.73. The first-order chi connectivity index (χ1) is 13.2. The fourth-order valence-electron chi connectivity index (χ4n) is 2.49. The number of hydrogen-bond acceptors (Lipinski definition) is 6. The van der Waals surface area contributed by atoms with Crippen molar-refractivity contribution in [3.63, 3.8) is 0 Å². The molecule has 27 heavy (non-hydrogen) atoms. The molecule has 1 aromatic heterocycles. The van der Waals surface area contributed by atoms with Crippen molar-refractivity contribution >= 4 is 17.5 Å². The highest BCUT2D eigenvalue weighted by Gasteiger charge is 2.08. The third kappa shape index (κ3) is 4.98. The molecule has 3 rings (SSSR count). The average Bonchev–Trinajstić information content (AvgIpc) is 3.12. The molecule has 0 amide bonds. The summed E-state index contributed by atoms with van der Waals surface area (Å²) >= 11 is 6.01. The lowest BCUT2D eigenvalue weighted by Crippen LogP contribution is -2.08. The van der Waals surface area contributed by atoms with Crippen molar-refractivity contribution in [1.82, 2.24) is 20.2 Å². The smallest absolute Gasteiger partial charge is 0.243 e. The second kappa shape index (κ2) is 9.05. The van der Waals surface area contributed by atoms with Crippen LogP contribution in [0, 0.1) is 0 Å². The zero-order chi connectivity index (χ0) is 19.1. The largest absolute Gasteiger partial charge is 0.493 e. The fourth-order valence-corrected chi connectivity index (χ4v) is 2.70. The van der Waals surface area contributed by atoms with Gasteiger partial charge in [-0.05, 0) is 45.8 Å². The maximum Gasteiger partial charge on any atom is 0.243 e. The number of anilines is 1. The van der Waals surface area contributed by atoms with E-state index in [2.05, 4.69) is 27.4 Å². The zero-order valence-electron chi connectivity index (χ0n) is 14.9. The first kappa shape index (κ1) is 18.7. The summed E-state index contributed by atoms with van der Waals surface area (Å²) in [6, 6.07) is 13.3. The number of nitrogens with zero attached hydrogens (tertiary/aromatic N) is 4. The number of halogens is 1. The summed E-state index contributed by atoms with van der Waals surface area (Å²) < 4.78 is 13.0. The minimum Gasteiger partial charge on any atom is -0.493 e. The van der Waals surface area contributed by atoms with E-state index < -0.39 is 0 Å². The van der Waals surface area contributed by atoms with Crippen LogP contribution in [0.25, 0.3) is 0 Å². The number of allylic oxidation sites excluding steroid dienone is 1. The van der Waals surface area contributed by atoms with Crippen molar-refractivity contribution in [1.29, 1.82) is 0 Å². The van der Waals surface area contributed by atoms with E-state index in [0.29, 0.717) is 42.2 Å². The number of tetrazole rings is 1. The quantitative estimate of drug-likeness (QED) is 0.566. The molecule has 0 saturated carbocycles. The molecular weight excluding hydrogens is 366 g/mol. The Balaban J connectivity index is 1.64. The van der Waals surface area contributed by atoms with E-state index in [-0.39, 0.29) is 0 Å². The number of methoxy groups -OCH3 is 1. The van der Waals surface area contributed by atoms with Crippen LogP contribution in [0.1, 0.15) is 11.1 Å². The lowest BCUT2D eigenvalue weighted by molar-refractivity contribution is 0.284. The third-order valence-corrected chi connectivity index (χ3v) is 4.03. The molecule has 1 heterocycles. The highest BCUT2D eigenvalue weighted by molar-refractivity contribution is 6.30. The van der Waals surface area contributed by atoms with Gasteiger partial charge in [-0.1, -0.05) is 41.0 Å². The molecule has 0 radical (unpaired) electrons. The van der Waals surface area contributed by atoms with Crippen LogP contribution in [-0.2, 0) is 19.7 Å². The number of hydrogen-bond donors (Lipinski definition) is 1. The van der Waals surface area contributed by atoms with Gasteiger partial charge in [0.05, 0.1) is 13.7 Å². The predicted molar refractivity (Wildman–Crippen MR) is 104 cm³/mol. The highest BCUT2D eigenvalue weighted by Crippen LogP contribution is 2.29. The second-order valence-electron chi connectivity index (χ2n) is 5.73. The van der Waals surface area contributed by atoms with Gasteiger partial charge in [0.15, 0.2) is 11.5 Å². The Morgan fingerprint density at radius 3 is 2.85 bits per heavy atom. The van der Waals surface area contributed by atoms with Crippen molar-refractivity contribution in [2.75, 3.05) is 12.4 Å². The molecule has 2 aromatic carbocycles. The van der Waals surface area contributed by atoms with Gasteiger partial charge in [0.1, 0.15) is 6.61 Å². The van der Waals surface area contributed by atoms with Crippen molar-refractivity contribution < 1.29 is 9.47 Å². The predicted octanol–water partition coefficient (Wildman–Crippen LogP) is 3.71. The molecule has 8 heteroatoms. The van der Waals surface area contributed by atoms with Crippen molar-refractivity contribution in [3.8, 4) is 11.5 Å². The topological polar surface area (TPSA) is 74.1 Å². The van der Waals surface area contributed by atoms with Gasteiger partial charge in [-0.25, -0.2) is 4.68 Å². The molecule has 0 unspecified atom stereocenters. The van der Waals surface area contributed by atoms with Crippen LogP contribution >= 0.6 is 11.6 Å². The Morgan fingerprint density at radius 1 is 1.19 bits per heavy atom. The van der Waals surface area contributed by atoms with Crippen molar-refractivity contribution in [2.24, 2.45) is 0 Å². The van der Waals surface area contributed by atoms with E-state index in [1.54, 1.807) is 17.9 Å². The summed E-state index contributed by atoms with van der Waals surface area (Å²) in [7, 11) is 1.61. The molecule has 0 bridgehead atoms.